The Labute approximate surface area is 200 Å². The predicted octanol–water partition coefficient (Wildman–Crippen LogP) is 2.63. The summed E-state index contributed by atoms with van der Waals surface area (Å²) in [5, 5.41) is 5.16. The van der Waals surface area contributed by atoms with Gasteiger partial charge in [0.1, 0.15) is 6.54 Å². The number of carbonyl (C=O) groups is 3. The molecule has 0 aliphatic carbocycles. The maximum Gasteiger partial charge on any atom is 0.326 e. The van der Waals surface area contributed by atoms with Crippen molar-refractivity contribution in [1.29, 1.82) is 0 Å². The van der Waals surface area contributed by atoms with Crippen LogP contribution in [0.2, 0.25) is 0 Å². The smallest absolute Gasteiger partial charge is 0.326 e. The highest BCUT2D eigenvalue weighted by atomic mass is 32.2. The molecule has 2 aromatic rings. The van der Waals surface area contributed by atoms with Gasteiger partial charge in [0.2, 0.25) is 10.0 Å². The van der Waals surface area contributed by atoms with Gasteiger partial charge in [0, 0.05) is 24.3 Å². The van der Waals surface area contributed by atoms with Gasteiger partial charge >= 0.3 is 5.97 Å². The predicted molar refractivity (Wildman–Crippen MR) is 129 cm³/mol. The van der Waals surface area contributed by atoms with Crippen LogP contribution in [0.15, 0.2) is 47.4 Å². The van der Waals surface area contributed by atoms with E-state index in [2.05, 4.69) is 10.6 Å². The van der Waals surface area contributed by atoms with Gasteiger partial charge in [0.15, 0.2) is 6.10 Å². The number of rotatable bonds is 10. The molecule has 1 atom stereocenters. The zero-order chi connectivity index (χ0) is 25.5. The number of hydrogen-bond donors (Lipinski definition) is 2. The lowest BCUT2D eigenvalue weighted by Gasteiger charge is -2.18. The topological polar surface area (TPSA) is 122 Å². The zero-order valence-corrected chi connectivity index (χ0v) is 20.9. The molecule has 2 amide bonds. The molecule has 2 rings (SSSR count). The summed E-state index contributed by atoms with van der Waals surface area (Å²) in [5.74, 6) is -1.84. The van der Waals surface area contributed by atoms with Crippen LogP contribution in [0, 0.1) is 13.8 Å². The Morgan fingerprint density at radius 2 is 1.53 bits per heavy atom. The summed E-state index contributed by atoms with van der Waals surface area (Å²) in [6.07, 6.45) is -1.06. The minimum Gasteiger partial charge on any atom is -0.451 e. The van der Waals surface area contributed by atoms with E-state index in [4.69, 9.17) is 4.74 Å². The highest BCUT2D eigenvalue weighted by Crippen LogP contribution is 2.20. The van der Waals surface area contributed by atoms with E-state index < -0.39 is 40.5 Å². The Balaban J connectivity index is 1.91. The van der Waals surface area contributed by atoms with Gasteiger partial charge in [-0.2, -0.15) is 4.31 Å². The van der Waals surface area contributed by atoms with E-state index in [9.17, 15) is 22.8 Å². The molecule has 0 spiro atoms. The first kappa shape index (κ1) is 27.0. The van der Waals surface area contributed by atoms with Crippen LogP contribution in [0.1, 0.15) is 42.3 Å². The third kappa shape index (κ3) is 6.64. The number of esters is 1. The van der Waals surface area contributed by atoms with Crippen molar-refractivity contribution in [1.82, 2.24) is 9.62 Å². The molecule has 34 heavy (non-hydrogen) atoms. The first-order valence-corrected chi connectivity index (χ1v) is 12.4. The Hall–Kier alpha value is -3.24. The molecule has 0 saturated carbocycles. The van der Waals surface area contributed by atoms with Crippen molar-refractivity contribution in [3.8, 4) is 0 Å². The molecule has 1 unspecified atom stereocenters. The zero-order valence-electron chi connectivity index (χ0n) is 20.0. The summed E-state index contributed by atoms with van der Waals surface area (Å²) in [6.45, 7) is 8.89. The molecule has 0 fully saturated rings. The number of aryl methyl sites for hydroxylation is 2. The molecule has 0 saturated heterocycles. The second-order valence-corrected chi connectivity index (χ2v) is 9.62. The fourth-order valence-corrected chi connectivity index (χ4v) is 4.73. The normalized spacial score (nSPS) is 12.2. The number of nitrogens with zero attached hydrogens (tertiary/aromatic N) is 1. The number of anilines is 1. The average Bonchev–Trinajstić information content (AvgIpc) is 2.80. The molecule has 0 heterocycles. The van der Waals surface area contributed by atoms with Gasteiger partial charge in [-0.05, 0) is 56.2 Å². The molecular weight excluding hydrogens is 458 g/mol. The summed E-state index contributed by atoms with van der Waals surface area (Å²) in [6, 6.07) is 11.0. The molecule has 10 heteroatoms. The van der Waals surface area contributed by atoms with Gasteiger partial charge in [-0.15, -0.1) is 0 Å². The van der Waals surface area contributed by atoms with Crippen LogP contribution < -0.4 is 10.6 Å². The van der Waals surface area contributed by atoms with Crippen molar-refractivity contribution < 1.29 is 27.5 Å². The number of benzene rings is 2. The Bertz CT molecular complexity index is 1120. The third-order valence-corrected chi connectivity index (χ3v) is 7.32. The van der Waals surface area contributed by atoms with Gasteiger partial charge in [0.25, 0.3) is 11.8 Å². The largest absolute Gasteiger partial charge is 0.451 e. The number of carbonyl (C=O) groups excluding carboxylic acids is 3. The molecule has 0 bridgehead atoms. The standard InChI is InChI=1S/C24H31N3O6S/c1-6-27(7-2)34(31,32)20-13-11-19(12-14-20)24(30)25-15-21(28)33-18(5)23(29)26-22-16(3)9-8-10-17(22)4/h8-14,18H,6-7,15H2,1-5H3,(H,25,30)(H,26,29). The first-order valence-electron chi connectivity index (χ1n) is 11.0. The van der Waals surface area contributed by atoms with Crippen LogP contribution in [-0.4, -0.2) is 56.2 Å². The van der Waals surface area contributed by atoms with Gasteiger partial charge in [-0.1, -0.05) is 32.0 Å². The molecule has 2 aromatic carbocycles. The summed E-state index contributed by atoms with van der Waals surface area (Å²) >= 11 is 0. The number of ether oxygens (including phenoxy) is 1. The van der Waals surface area contributed by atoms with Crippen LogP contribution in [-0.2, 0) is 24.3 Å². The lowest BCUT2D eigenvalue weighted by molar-refractivity contribution is -0.152. The van der Waals surface area contributed by atoms with Gasteiger partial charge in [0.05, 0.1) is 4.90 Å². The van der Waals surface area contributed by atoms with Crippen molar-refractivity contribution in [3.63, 3.8) is 0 Å². The van der Waals surface area contributed by atoms with Crippen LogP contribution in [0.3, 0.4) is 0 Å². The summed E-state index contributed by atoms with van der Waals surface area (Å²) in [5.41, 5.74) is 2.62. The summed E-state index contributed by atoms with van der Waals surface area (Å²) in [4.78, 5) is 36.9. The highest BCUT2D eigenvalue weighted by Gasteiger charge is 2.22. The van der Waals surface area contributed by atoms with E-state index in [0.29, 0.717) is 18.8 Å². The van der Waals surface area contributed by atoms with Crippen molar-refractivity contribution in [3.05, 3.63) is 59.2 Å². The summed E-state index contributed by atoms with van der Waals surface area (Å²) in [7, 11) is -3.63. The van der Waals surface area contributed by atoms with E-state index in [1.54, 1.807) is 13.8 Å². The van der Waals surface area contributed by atoms with Gasteiger partial charge < -0.3 is 15.4 Å². The van der Waals surface area contributed by atoms with Crippen molar-refractivity contribution >= 4 is 33.5 Å². The lowest BCUT2D eigenvalue weighted by atomic mass is 10.1. The minimum atomic E-state index is -3.63. The third-order valence-electron chi connectivity index (χ3n) is 5.26. The highest BCUT2D eigenvalue weighted by molar-refractivity contribution is 7.89. The quantitative estimate of drug-likeness (QED) is 0.495. The second-order valence-electron chi connectivity index (χ2n) is 7.68. The summed E-state index contributed by atoms with van der Waals surface area (Å²) < 4.78 is 31.5. The SMILES string of the molecule is CCN(CC)S(=O)(=O)c1ccc(C(=O)NCC(=O)OC(C)C(=O)Nc2c(C)cccc2C)cc1. The molecule has 0 aliphatic rings. The van der Waals surface area contributed by atoms with Crippen LogP contribution >= 0.6 is 0 Å². The fourth-order valence-electron chi connectivity index (χ4n) is 3.27. The van der Waals surface area contributed by atoms with E-state index >= 15 is 0 Å². The lowest BCUT2D eigenvalue weighted by Crippen LogP contribution is -2.36. The van der Waals surface area contributed by atoms with E-state index in [1.807, 2.05) is 32.0 Å². The number of hydrogen-bond acceptors (Lipinski definition) is 6. The van der Waals surface area contributed by atoms with Crippen molar-refractivity contribution in [2.45, 2.75) is 45.6 Å². The van der Waals surface area contributed by atoms with Gasteiger partial charge in [-0.25, -0.2) is 8.42 Å². The maximum absolute atomic E-state index is 12.5. The molecule has 0 aromatic heterocycles. The number of para-hydroxylation sites is 1. The number of sulfonamides is 1. The molecule has 0 radical (unpaired) electrons. The van der Waals surface area contributed by atoms with Crippen LogP contribution in [0.25, 0.3) is 0 Å². The van der Waals surface area contributed by atoms with Crippen LogP contribution in [0.5, 0.6) is 0 Å². The molecule has 0 aliphatic heterocycles. The van der Waals surface area contributed by atoms with E-state index in [1.165, 1.54) is 35.5 Å². The Morgan fingerprint density at radius 3 is 2.06 bits per heavy atom. The minimum absolute atomic E-state index is 0.0795. The fraction of sp³-hybridized carbons (Fsp3) is 0.375. The van der Waals surface area contributed by atoms with E-state index in [0.717, 1.165) is 11.1 Å². The Kier molecular flexibility index (Phi) is 9.34. The van der Waals surface area contributed by atoms with Crippen molar-refractivity contribution in [2.75, 3.05) is 25.0 Å². The van der Waals surface area contributed by atoms with Gasteiger partial charge in [-0.3, -0.25) is 14.4 Å². The first-order chi connectivity index (χ1) is 16.0. The maximum atomic E-state index is 12.5. The molecular formula is C24H31N3O6S. The molecule has 184 valence electrons. The van der Waals surface area contributed by atoms with Crippen molar-refractivity contribution in [2.24, 2.45) is 0 Å². The molecule has 2 N–H and O–H groups in total. The molecule has 9 nitrogen and oxygen atoms in total. The number of amides is 2. The second kappa shape index (κ2) is 11.8. The van der Waals surface area contributed by atoms with Crippen LogP contribution in [0.4, 0.5) is 5.69 Å². The number of nitrogens with one attached hydrogen (secondary N) is 2. The van der Waals surface area contributed by atoms with E-state index in [-0.39, 0.29) is 10.5 Å². The average molecular weight is 490 g/mol. The Morgan fingerprint density at radius 1 is 0.971 bits per heavy atom. The monoisotopic (exact) mass is 489 g/mol.